The SMILES string of the molecule is CCCCCCC#Cc1ccc(CN(C(=O)C(=O)O)C(CC)c2ccc(C#CCCCCCC)cc2)cc1. The van der Waals surface area contributed by atoms with Crippen molar-refractivity contribution in [1.82, 2.24) is 4.90 Å². The van der Waals surface area contributed by atoms with Gasteiger partial charge >= 0.3 is 11.9 Å². The molecule has 0 aromatic heterocycles. The van der Waals surface area contributed by atoms with Crippen LogP contribution >= 0.6 is 0 Å². The van der Waals surface area contributed by atoms with Crippen LogP contribution in [0.25, 0.3) is 0 Å². The number of amides is 1. The van der Waals surface area contributed by atoms with E-state index >= 15 is 0 Å². The Morgan fingerprint density at radius 3 is 1.68 bits per heavy atom. The first-order valence-electron chi connectivity index (χ1n) is 14.2. The van der Waals surface area contributed by atoms with E-state index in [2.05, 4.69) is 37.5 Å². The first kappa shape index (κ1) is 30.7. The van der Waals surface area contributed by atoms with Crippen molar-refractivity contribution >= 4 is 11.9 Å². The number of rotatable bonds is 13. The second-order valence-electron chi connectivity index (χ2n) is 9.71. The lowest BCUT2D eigenvalue weighted by molar-refractivity contribution is -0.157. The van der Waals surface area contributed by atoms with Crippen molar-refractivity contribution < 1.29 is 14.7 Å². The van der Waals surface area contributed by atoms with Gasteiger partial charge in [0, 0.05) is 30.5 Å². The lowest BCUT2D eigenvalue weighted by Crippen LogP contribution is -2.38. The molecule has 0 spiro atoms. The van der Waals surface area contributed by atoms with E-state index in [1.807, 2.05) is 55.5 Å². The number of aliphatic carboxylic acids is 1. The Balaban J connectivity index is 2.10. The normalized spacial score (nSPS) is 11.0. The molecule has 0 saturated heterocycles. The van der Waals surface area contributed by atoms with E-state index in [0.717, 1.165) is 47.9 Å². The average molecular weight is 514 g/mol. The largest absolute Gasteiger partial charge is 0.474 e. The molecule has 38 heavy (non-hydrogen) atoms. The minimum atomic E-state index is -1.44. The number of benzene rings is 2. The van der Waals surface area contributed by atoms with Crippen molar-refractivity contribution in [2.45, 2.75) is 104 Å². The van der Waals surface area contributed by atoms with Gasteiger partial charge in [0.05, 0.1) is 6.04 Å². The smallest absolute Gasteiger partial charge is 0.394 e. The van der Waals surface area contributed by atoms with Gasteiger partial charge in [-0.2, -0.15) is 0 Å². The van der Waals surface area contributed by atoms with E-state index < -0.39 is 11.9 Å². The molecule has 4 nitrogen and oxygen atoms in total. The van der Waals surface area contributed by atoms with Crippen molar-refractivity contribution in [3.05, 3.63) is 70.8 Å². The summed E-state index contributed by atoms with van der Waals surface area (Å²) in [4.78, 5) is 25.9. The van der Waals surface area contributed by atoms with Crippen LogP contribution in [0.2, 0.25) is 0 Å². The first-order chi connectivity index (χ1) is 18.5. The number of hydrogen-bond acceptors (Lipinski definition) is 2. The molecule has 202 valence electrons. The van der Waals surface area contributed by atoms with Gasteiger partial charge in [0.15, 0.2) is 0 Å². The van der Waals surface area contributed by atoms with E-state index in [1.165, 1.54) is 43.4 Å². The molecule has 0 aliphatic heterocycles. The van der Waals surface area contributed by atoms with Gasteiger partial charge in [-0.3, -0.25) is 4.79 Å². The fourth-order valence-corrected chi connectivity index (χ4v) is 4.37. The fourth-order valence-electron chi connectivity index (χ4n) is 4.37. The van der Waals surface area contributed by atoms with Crippen LogP contribution in [0.4, 0.5) is 0 Å². The monoisotopic (exact) mass is 513 g/mol. The third-order valence-corrected chi connectivity index (χ3v) is 6.59. The van der Waals surface area contributed by atoms with Crippen LogP contribution in [0.3, 0.4) is 0 Å². The average Bonchev–Trinajstić information content (AvgIpc) is 2.93. The van der Waals surface area contributed by atoms with Crippen LogP contribution in [0.15, 0.2) is 48.5 Å². The highest BCUT2D eigenvalue weighted by Gasteiger charge is 2.28. The highest BCUT2D eigenvalue weighted by atomic mass is 16.4. The van der Waals surface area contributed by atoms with E-state index in [-0.39, 0.29) is 12.6 Å². The molecule has 0 aliphatic rings. The molecular formula is C34H43NO3. The van der Waals surface area contributed by atoms with E-state index in [9.17, 15) is 14.7 Å². The quantitative estimate of drug-likeness (QED) is 0.168. The molecule has 0 bridgehead atoms. The molecule has 4 heteroatoms. The Morgan fingerprint density at radius 2 is 1.24 bits per heavy atom. The Bertz CT molecular complexity index is 1110. The molecule has 1 amide bonds. The van der Waals surface area contributed by atoms with Gasteiger partial charge in [0.2, 0.25) is 0 Å². The summed E-state index contributed by atoms with van der Waals surface area (Å²) >= 11 is 0. The molecule has 2 rings (SSSR count). The zero-order valence-electron chi connectivity index (χ0n) is 23.4. The second-order valence-corrected chi connectivity index (χ2v) is 9.71. The molecule has 0 radical (unpaired) electrons. The summed E-state index contributed by atoms with van der Waals surface area (Å²) in [5, 5.41) is 9.53. The molecule has 2 aromatic carbocycles. The maximum absolute atomic E-state index is 12.7. The van der Waals surface area contributed by atoms with Gasteiger partial charge in [-0.15, -0.1) is 0 Å². The summed E-state index contributed by atoms with van der Waals surface area (Å²) in [6, 6.07) is 15.2. The number of hydrogen-bond donors (Lipinski definition) is 1. The van der Waals surface area contributed by atoms with Gasteiger partial charge in [-0.1, -0.05) is 107 Å². The lowest BCUT2D eigenvalue weighted by Gasteiger charge is -2.30. The minimum Gasteiger partial charge on any atom is -0.474 e. The molecule has 1 unspecified atom stereocenters. The Kier molecular flexibility index (Phi) is 14.4. The van der Waals surface area contributed by atoms with Crippen LogP contribution in [-0.4, -0.2) is 21.9 Å². The van der Waals surface area contributed by atoms with Gasteiger partial charge in [0.25, 0.3) is 0 Å². The zero-order valence-corrected chi connectivity index (χ0v) is 23.4. The number of unbranched alkanes of at least 4 members (excludes halogenated alkanes) is 8. The van der Waals surface area contributed by atoms with Crippen LogP contribution < -0.4 is 0 Å². The Hall–Kier alpha value is -3.50. The van der Waals surface area contributed by atoms with Crippen molar-refractivity contribution in [3.63, 3.8) is 0 Å². The summed E-state index contributed by atoms with van der Waals surface area (Å²) in [7, 11) is 0. The molecule has 0 fully saturated rings. The predicted octanol–water partition coefficient (Wildman–Crippen LogP) is 7.89. The zero-order chi connectivity index (χ0) is 27.6. The summed E-state index contributed by atoms with van der Waals surface area (Å²) < 4.78 is 0. The Labute approximate surface area is 229 Å². The van der Waals surface area contributed by atoms with Crippen LogP contribution in [0, 0.1) is 23.7 Å². The van der Waals surface area contributed by atoms with Gasteiger partial charge in [0.1, 0.15) is 0 Å². The van der Waals surface area contributed by atoms with Crippen LogP contribution in [0.1, 0.15) is 120 Å². The van der Waals surface area contributed by atoms with E-state index in [4.69, 9.17) is 0 Å². The summed E-state index contributed by atoms with van der Waals surface area (Å²) in [6.07, 6.45) is 12.0. The number of carbonyl (C=O) groups is 2. The first-order valence-corrected chi connectivity index (χ1v) is 14.2. The molecule has 1 N–H and O–H groups in total. The number of carbonyl (C=O) groups excluding carboxylic acids is 1. The predicted molar refractivity (Wildman–Crippen MR) is 155 cm³/mol. The highest BCUT2D eigenvalue weighted by molar-refractivity contribution is 6.31. The van der Waals surface area contributed by atoms with Gasteiger partial charge < -0.3 is 10.0 Å². The number of nitrogens with zero attached hydrogens (tertiary/aromatic N) is 1. The fraction of sp³-hybridized carbons (Fsp3) is 0.471. The van der Waals surface area contributed by atoms with Crippen molar-refractivity contribution in [3.8, 4) is 23.7 Å². The molecular weight excluding hydrogens is 470 g/mol. The molecule has 2 aromatic rings. The molecule has 0 aliphatic carbocycles. The second kappa shape index (κ2) is 17.9. The molecule has 1 atom stereocenters. The molecule has 0 heterocycles. The van der Waals surface area contributed by atoms with E-state index in [1.54, 1.807) is 0 Å². The summed E-state index contributed by atoms with van der Waals surface area (Å²) in [6.45, 7) is 6.58. The Morgan fingerprint density at radius 1 is 0.737 bits per heavy atom. The van der Waals surface area contributed by atoms with E-state index in [0.29, 0.717) is 6.42 Å². The third kappa shape index (κ3) is 10.9. The summed E-state index contributed by atoms with van der Waals surface area (Å²) in [5.74, 6) is 10.5. The topological polar surface area (TPSA) is 57.6 Å². The van der Waals surface area contributed by atoms with Crippen LogP contribution in [0.5, 0.6) is 0 Å². The lowest BCUT2D eigenvalue weighted by atomic mass is 10.00. The van der Waals surface area contributed by atoms with Crippen molar-refractivity contribution in [2.24, 2.45) is 0 Å². The third-order valence-electron chi connectivity index (χ3n) is 6.59. The summed E-state index contributed by atoms with van der Waals surface area (Å²) in [5.41, 5.74) is 3.63. The van der Waals surface area contributed by atoms with Crippen molar-refractivity contribution in [1.29, 1.82) is 0 Å². The maximum atomic E-state index is 12.7. The van der Waals surface area contributed by atoms with Crippen molar-refractivity contribution in [2.75, 3.05) is 0 Å². The molecule has 0 saturated carbocycles. The van der Waals surface area contributed by atoms with Gasteiger partial charge in [-0.25, -0.2) is 4.79 Å². The number of carboxylic acids is 1. The number of carboxylic acid groups (broad SMARTS) is 1. The standard InChI is InChI=1S/C34H43NO3/c1-4-7-9-11-13-15-17-28-19-21-30(22-20-28)27-35(33(36)34(37)38)32(6-3)31-25-23-29(24-26-31)18-16-14-12-10-8-5-2/h19-26,32H,4-14,27H2,1-3H3,(H,37,38). The minimum absolute atomic E-state index is 0.216. The maximum Gasteiger partial charge on any atom is 0.394 e. The highest BCUT2D eigenvalue weighted by Crippen LogP contribution is 2.27. The van der Waals surface area contributed by atoms with Gasteiger partial charge in [-0.05, 0) is 54.7 Å². The van der Waals surface area contributed by atoms with Crippen LogP contribution in [-0.2, 0) is 16.1 Å².